The molecule has 0 saturated carbocycles. The Morgan fingerprint density at radius 1 is 0.267 bits per heavy atom. The van der Waals surface area contributed by atoms with Crippen LogP contribution in [0.2, 0.25) is 0 Å². The zero-order chi connectivity index (χ0) is 77.4. The largest absolute Gasteiger partial charge is 0.472 e. The Morgan fingerprint density at radius 2 is 0.457 bits per heavy atom. The monoisotopic (exact) mass is 1540 g/mol. The van der Waals surface area contributed by atoms with E-state index in [0.717, 1.165) is 114 Å². The lowest BCUT2D eigenvalue weighted by atomic mass is 9.99. The van der Waals surface area contributed by atoms with Crippen LogP contribution >= 0.6 is 15.6 Å². The van der Waals surface area contributed by atoms with Gasteiger partial charge in [0.25, 0.3) is 0 Å². The Hall–Kier alpha value is -1.94. The fourth-order valence-corrected chi connectivity index (χ4v) is 14.9. The third kappa shape index (κ3) is 78.5. The van der Waals surface area contributed by atoms with Crippen molar-refractivity contribution >= 4 is 39.5 Å². The van der Waals surface area contributed by atoms with E-state index in [-0.39, 0.29) is 25.7 Å². The Kier molecular flexibility index (Phi) is 73.4. The molecule has 0 amide bonds. The normalized spacial score (nSPS) is 14.2. The standard InChI is InChI=1S/C86H168O17P2/c1-9-79(8)65-57-49-41-33-27-21-17-18-24-30-36-44-53-61-69-86(91)103-82(73-97-84(89)67-59-51-45-37-40-48-56-64-78(6)7)75-101-105(94,95)99-71-80(87)70-98-104(92,93)100-74-81(102-85(90)68-60-52-43-35-29-23-16-12-14-20-26-32-39-47-55-63-77(4)5)72-96-83(88)66-58-50-42-34-28-22-15-11-10-13-19-25-31-38-46-54-62-76(2)3/h76-82,87H,9-75H2,1-8H3,(H,92,93)(H,94,95)/t79?,80?,81-,82-/m1/s1. The third-order valence-corrected chi connectivity index (χ3v) is 22.3. The zero-order valence-corrected chi connectivity index (χ0v) is 71.2. The van der Waals surface area contributed by atoms with Crippen LogP contribution in [0.5, 0.6) is 0 Å². The highest BCUT2D eigenvalue weighted by molar-refractivity contribution is 7.47. The second-order valence-electron chi connectivity index (χ2n) is 32.6. The van der Waals surface area contributed by atoms with E-state index in [2.05, 4.69) is 55.4 Å². The van der Waals surface area contributed by atoms with E-state index < -0.39 is 97.5 Å². The van der Waals surface area contributed by atoms with Crippen molar-refractivity contribution in [2.75, 3.05) is 39.6 Å². The van der Waals surface area contributed by atoms with E-state index in [1.165, 1.54) is 244 Å². The molecule has 105 heavy (non-hydrogen) atoms. The van der Waals surface area contributed by atoms with Crippen LogP contribution in [-0.2, 0) is 65.4 Å². The molecule has 0 radical (unpaired) electrons. The molecule has 17 nitrogen and oxygen atoms in total. The van der Waals surface area contributed by atoms with Gasteiger partial charge in [-0.05, 0) is 49.4 Å². The summed E-state index contributed by atoms with van der Waals surface area (Å²) in [6, 6.07) is 0. The molecular weight excluding hydrogens is 1370 g/mol. The first-order valence-electron chi connectivity index (χ1n) is 44.2. The topological polar surface area (TPSA) is 237 Å². The number of unbranched alkanes of at least 4 members (excludes halogenated alkanes) is 48. The predicted octanol–water partition coefficient (Wildman–Crippen LogP) is 25.9. The first kappa shape index (κ1) is 103. The predicted molar refractivity (Wildman–Crippen MR) is 432 cm³/mol. The van der Waals surface area contributed by atoms with E-state index >= 15 is 0 Å². The zero-order valence-electron chi connectivity index (χ0n) is 69.4. The number of carbonyl (C=O) groups is 4. The lowest BCUT2D eigenvalue weighted by molar-refractivity contribution is -0.161. The van der Waals surface area contributed by atoms with E-state index in [1.54, 1.807) is 0 Å². The maximum absolute atomic E-state index is 13.1. The average molecular weight is 1540 g/mol. The Bertz CT molecular complexity index is 2040. The first-order valence-corrected chi connectivity index (χ1v) is 47.2. The fraction of sp³-hybridized carbons (Fsp3) is 0.953. The number of esters is 4. The van der Waals surface area contributed by atoms with Gasteiger partial charge in [0, 0.05) is 25.7 Å². The molecule has 3 N–H and O–H groups in total. The Labute approximate surface area is 645 Å². The average Bonchev–Trinajstić information content (AvgIpc) is 0.916. The molecule has 0 saturated heterocycles. The molecule has 0 aliphatic rings. The minimum Gasteiger partial charge on any atom is -0.462 e. The van der Waals surface area contributed by atoms with Crippen molar-refractivity contribution < 1.29 is 80.2 Å². The number of aliphatic hydroxyl groups excluding tert-OH is 1. The van der Waals surface area contributed by atoms with Crippen molar-refractivity contribution in [3.63, 3.8) is 0 Å². The highest BCUT2D eigenvalue weighted by atomic mass is 31.2. The van der Waals surface area contributed by atoms with Crippen molar-refractivity contribution in [1.29, 1.82) is 0 Å². The third-order valence-electron chi connectivity index (χ3n) is 20.4. The molecule has 0 heterocycles. The van der Waals surface area contributed by atoms with Crippen LogP contribution in [-0.4, -0.2) is 96.7 Å². The molecule has 0 aromatic carbocycles. The molecule has 6 atom stereocenters. The van der Waals surface area contributed by atoms with Crippen LogP contribution in [0.25, 0.3) is 0 Å². The van der Waals surface area contributed by atoms with Gasteiger partial charge in [-0.25, -0.2) is 9.13 Å². The van der Waals surface area contributed by atoms with Gasteiger partial charge in [0.15, 0.2) is 12.2 Å². The van der Waals surface area contributed by atoms with Crippen molar-refractivity contribution in [2.45, 2.75) is 465 Å². The highest BCUT2D eigenvalue weighted by Crippen LogP contribution is 2.45. The quantitative estimate of drug-likeness (QED) is 0.0222. The molecule has 4 unspecified atom stereocenters. The van der Waals surface area contributed by atoms with Gasteiger partial charge in [-0.2, -0.15) is 0 Å². The molecule has 0 fully saturated rings. The summed E-state index contributed by atoms with van der Waals surface area (Å²) in [5.74, 6) is 1.06. The lowest BCUT2D eigenvalue weighted by Crippen LogP contribution is -2.30. The maximum Gasteiger partial charge on any atom is 0.472 e. The first-order chi connectivity index (χ1) is 50.6. The summed E-state index contributed by atoms with van der Waals surface area (Å²) in [6.07, 6.45) is 63.9. The molecule has 19 heteroatoms. The van der Waals surface area contributed by atoms with E-state index in [9.17, 15) is 43.2 Å². The summed E-state index contributed by atoms with van der Waals surface area (Å²) in [4.78, 5) is 73.2. The molecular formula is C86H168O17P2. The van der Waals surface area contributed by atoms with Crippen molar-refractivity contribution in [3.8, 4) is 0 Å². The summed E-state index contributed by atoms with van der Waals surface area (Å²) in [5, 5.41) is 10.7. The smallest absolute Gasteiger partial charge is 0.462 e. The van der Waals surface area contributed by atoms with Gasteiger partial charge in [0.2, 0.25) is 0 Å². The number of phosphoric ester groups is 2. The molecule has 0 aliphatic carbocycles. The molecule has 0 spiro atoms. The number of hydrogen-bond donors (Lipinski definition) is 3. The molecule has 0 aromatic heterocycles. The van der Waals surface area contributed by atoms with Crippen LogP contribution in [0.1, 0.15) is 447 Å². The summed E-state index contributed by atoms with van der Waals surface area (Å²) >= 11 is 0. The van der Waals surface area contributed by atoms with Crippen molar-refractivity contribution in [1.82, 2.24) is 0 Å². The molecule has 624 valence electrons. The number of aliphatic hydroxyl groups is 1. The van der Waals surface area contributed by atoms with Crippen molar-refractivity contribution in [3.05, 3.63) is 0 Å². The highest BCUT2D eigenvalue weighted by Gasteiger charge is 2.31. The minimum absolute atomic E-state index is 0.107. The van der Waals surface area contributed by atoms with Crippen LogP contribution in [0.4, 0.5) is 0 Å². The lowest BCUT2D eigenvalue weighted by Gasteiger charge is -2.21. The summed E-state index contributed by atoms with van der Waals surface area (Å²) in [5.41, 5.74) is 0. The van der Waals surface area contributed by atoms with Gasteiger partial charge in [0.1, 0.15) is 19.3 Å². The van der Waals surface area contributed by atoms with Crippen molar-refractivity contribution in [2.24, 2.45) is 23.7 Å². The number of phosphoric acid groups is 2. The second-order valence-corrected chi connectivity index (χ2v) is 35.5. The summed E-state index contributed by atoms with van der Waals surface area (Å²) in [7, 11) is -9.93. The van der Waals surface area contributed by atoms with Gasteiger partial charge in [-0.15, -0.1) is 0 Å². The SMILES string of the molecule is CCC(C)CCCCCCCCCCCCCCCCC(=O)O[C@H](COC(=O)CCCCCCCCCC(C)C)COP(=O)(O)OCC(O)COP(=O)(O)OC[C@@H](COC(=O)CCCCCCCCCCCCCCCCCCC(C)C)OC(=O)CCCCCCCCCCCCCCCCCC(C)C. The molecule has 0 aliphatic heterocycles. The number of rotatable bonds is 83. The number of ether oxygens (including phenoxy) is 4. The number of carbonyl (C=O) groups excluding carboxylic acids is 4. The van der Waals surface area contributed by atoms with Gasteiger partial charge in [-0.3, -0.25) is 37.3 Å². The van der Waals surface area contributed by atoms with Crippen LogP contribution < -0.4 is 0 Å². The second kappa shape index (κ2) is 74.8. The summed E-state index contributed by atoms with van der Waals surface area (Å²) < 4.78 is 68.9. The van der Waals surface area contributed by atoms with Gasteiger partial charge in [-0.1, -0.05) is 396 Å². The van der Waals surface area contributed by atoms with Gasteiger partial charge < -0.3 is 33.8 Å². The minimum atomic E-state index is -4.97. The molecule has 0 aromatic rings. The fourth-order valence-electron chi connectivity index (χ4n) is 13.3. The summed E-state index contributed by atoms with van der Waals surface area (Å²) in [6.45, 7) is 14.3. The Morgan fingerprint density at radius 3 is 0.676 bits per heavy atom. The Balaban J connectivity index is 5.24. The number of hydrogen-bond acceptors (Lipinski definition) is 15. The molecule has 0 rings (SSSR count). The van der Waals surface area contributed by atoms with Crippen LogP contribution in [0.3, 0.4) is 0 Å². The van der Waals surface area contributed by atoms with E-state index in [1.807, 2.05) is 0 Å². The van der Waals surface area contributed by atoms with Crippen LogP contribution in [0.15, 0.2) is 0 Å². The maximum atomic E-state index is 13.1. The van der Waals surface area contributed by atoms with Crippen LogP contribution in [0, 0.1) is 23.7 Å². The van der Waals surface area contributed by atoms with Gasteiger partial charge in [0.05, 0.1) is 26.4 Å². The van der Waals surface area contributed by atoms with Gasteiger partial charge >= 0.3 is 39.5 Å². The van der Waals surface area contributed by atoms with E-state index in [0.29, 0.717) is 31.6 Å². The molecule has 0 bridgehead atoms. The van der Waals surface area contributed by atoms with E-state index in [4.69, 9.17) is 37.0 Å².